The Kier molecular flexibility index (Phi) is 7.57. The van der Waals surface area contributed by atoms with Crippen LogP contribution in [-0.2, 0) is 20.8 Å². The number of likely N-dealkylation sites (tertiary alicyclic amines) is 1. The summed E-state index contributed by atoms with van der Waals surface area (Å²) in [6, 6.07) is 12.3. The molecule has 3 aromatic rings. The summed E-state index contributed by atoms with van der Waals surface area (Å²) >= 11 is 0. The first kappa shape index (κ1) is 27.4. The van der Waals surface area contributed by atoms with E-state index in [0.29, 0.717) is 11.5 Å². The molecule has 0 radical (unpaired) electrons. The molecule has 39 heavy (non-hydrogen) atoms. The molecule has 208 valence electrons. The highest BCUT2D eigenvalue weighted by Crippen LogP contribution is 2.46. The number of piperidine rings is 1. The van der Waals surface area contributed by atoms with Crippen LogP contribution in [0.2, 0.25) is 0 Å². The third-order valence-corrected chi connectivity index (χ3v) is 7.99. The Morgan fingerprint density at radius 3 is 2.36 bits per heavy atom. The Labute approximate surface area is 231 Å². The number of nitrogens with zero attached hydrogens (tertiary/aromatic N) is 2. The minimum atomic E-state index is -0.569. The topological polar surface area (TPSA) is 70.0 Å². The summed E-state index contributed by atoms with van der Waals surface area (Å²) in [5.74, 6) is 0.240. The van der Waals surface area contributed by atoms with Crippen LogP contribution in [0.5, 0.6) is 0 Å². The van der Waals surface area contributed by atoms with Crippen LogP contribution in [-0.4, -0.2) is 54.0 Å². The number of rotatable bonds is 6. The smallest absolute Gasteiger partial charge is 0.418 e. The first-order chi connectivity index (χ1) is 18.6. The predicted molar refractivity (Wildman–Crippen MR) is 151 cm³/mol. The summed E-state index contributed by atoms with van der Waals surface area (Å²) in [4.78, 5) is 27.6. The number of hydrogen-bond acceptors (Lipinski definition) is 6. The molecule has 1 saturated carbocycles. The van der Waals surface area contributed by atoms with Crippen LogP contribution in [0.15, 0.2) is 42.6 Å². The van der Waals surface area contributed by atoms with Crippen molar-refractivity contribution in [3.05, 3.63) is 70.4 Å². The van der Waals surface area contributed by atoms with Gasteiger partial charge in [0.15, 0.2) is 0 Å². The van der Waals surface area contributed by atoms with Gasteiger partial charge in [-0.15, -0.1) is 0 Å². The lowest BCUT2D eigenvalue weighted by molar-refractivity contribution is 0.00687. The van der Waals surface area contributed by atoms with Crippen LogP contribution >= 0.6 is 0 Å². The molecule has 2 aliphatic rings. The molecule has 7 nitrogen and oxygen atoms in total. The maximum atomic E-state index is 13.1. The summed E-state index contributed by atoms with van der Waals surface area (Å²) < 4.78 is 18.1. The lowest BCUT2D eigenvalue weighted by Gasteiger charge is -2.40. The van der Waals surface area contributed by atoms with Gasteiger partial charge in [0.05, 0.1) is 24.3 Å². The van der Waals surface area contributed by atoms with Crippen LogP contribution in [0.3, 0.4) is 0 Å². The van der Waals surface area contributed by atoms with Gasteiger partial charge in [-0.2, -0.15) is 0 Å². The number of ether oxygens (including phenoxy) is 3. The van der Waals surface area contributed by atoms with E-state index >= 15 is 0 Å². The molecule has 0 bridgehead atoms. The second kappa shape index (κ2) is 10.8. The summed E-state index contributed by atoms with van der Waals surface area (Å²) in [5, 5.41) is 1.12. The molecule has 2 heterocycles. The van der Waals surface area contributed by atoms with E-state index in [0.717, 1.165) is 48.0 Å². The highest BCUT2D eigenvalue weighted by Gasteiger charge is 2.34. The fourth-order valence-corrected chi connectivity index (χ4v) is 5.91. The molecule has 0 unspecified atom stereocenters. The quantitative estimate of drug-likeness (QED) is 0.327. The fourth-order valence-electron chi connectivity index (χ4n) is 5.91. The van der Waals surface area contributed by atoms with Crippen LogP contribution in [0.1, 0.15) is 91.0 Å². The SMILES string of the molecule is COC(=O)c1ccc([C@@H]2C[C@@H](OC)CCN2Cc2c(C3CC3)cc(C)c3c2ccn3C(=O)OC(C)(C)C)cc1. The average Bonchev–Trinajstić information content (AvgIpc) is 3.66. The van der Waals surface area contributed by atoms with E-state index in [-0.39, 0.29) is 24.2 Å². The van der Waals surface area contributed by atoms with E-state index in [2.05, 4.69) is 24.0 Å². The summed E-state index contributed by atoms with van der Waals surface area (Å²) in [7, 11) is 3.18. The normalized spacial score (nSPS) is 20.3. The lowest BCUT2D eigenvalue weighted by Crippen LogP contribution is -2.39. The Balaban J connectivity index is 1.53. The fraction of sp³-hybridized carbons (Fsp3) is 0.500. The van der Waals surface area contributed by atoms with Gasteiger partial charge in [0, 0.05) is 37.8 Å². The zero-order valence-corrected chi connectivity index (χ0v) is 24.0. The van der Waals surface area contributed by atoms with Crippen molar-refractivity contribution in [3.8, 4) is 0 Å². The van der Waals surface area contributed by atoms with Gasteiger partial charge in [0.2, 0.25) is 0 Å². The molecule has 0 amide bonds. The molecular weight excluding hydrogens is 492 g/mol. The Hall–Kier alpha value is -3.16. The van der Waals surface area contributed by atoms with Crippen molar-refractivity contribution in [2.45, 2.75) is 83.6 Å². The average molecular weight is 533 g/mol. The van der Waals surface area contributed by atoms with Gasteiger partial charge in [-0.25, -0.2) is 9.59 Å². The van der Waals surface area contributed by atoms with E-state index in [9.17, 15) is 9.59 Å². The number of carbonyl (C=O) groups excluding carboxylic acids is 2. The number of benzene rings is 2. The highest BCUT2D eigenvalue weighted by atomic mass is 16.6. The minimum absolute atomic E-state index is 0.145. The lowest BCUT2D eigenvalue weighted by atomic mass is 9.90. The predicted octanol–water partition coefficient (Wildman–Crippen LogP) is 6.75. The molecule has 1 aliphatic heterocycles. The van der Waals surface area contributed by atoms with Crippen molar-refractivity contribution >= 4 is 23.0 Å². The van der Waals surface area contributed by atoms with E-state index in [1.807, 2.05) is 51.2 Å². The van der Waals surface area contributed by atoms with Gasteiger partial charge >= 0.3 is 12.1 Å². The van der Waals surface area contributed by atoms with Crippen LogP contribution in [0, 0.1) is 6.92 Å². The number of aromatic nitrogens is 1. The van der Waals surface area contributed by atoms with E-state index in [4.69, 9.17) is 14.2 Å². The zero-order chi connectivity index (χ0) is 27.9. The third-order valence-electron chi connectivity index (χ3n) is 7.99. The maximum absolute atomic E-state index is 13.1. The molecule has 1 aliphatic carbocycles. The van der Waals surface area contributed by atoms with E-state index < -0.39 is 5.60 Å². The largest absolute Gasteiger partial charge is 0.465 e. The Bertz CT molecular complexity index is 1360. The van der Waals surface area contributed by atoms with Gasteiger partial charge in [-0.05, 0) is 99.7 Å². The molecule has 2 fully saturated rings. The van der Waals surface area contributed by atoms with Gasteiger partial charge in [-0.1, -0.05) is 18.2 Å². The van der Waals surface area contributed by atoms with Crippen LogP contribution < -0.4 is 0 Å². The van der Waals surface area contributed by atoms with Gasteiger partial charge in [0.1, 0.15) is 5.60 Å². The standard InChI is InChI=1S/C32H40N2O5/c1-20-17-26(21-7-8-21)27(25-14-16-34(29(20)25)31(36)39-32(2,3)4)19-33-15-13-24(37-5)18-28(33)22-9-11-23(12-10-22)30(35)38-6/h9-12,14,16-17,21,24,28H,7-8,13,15,18-19H2,1-6H3/t24-,28-/m0/s1. The number of methoxy groups -OCH3 is 2. The zero-order valence-electron chi connectivity index (χ0n) is 24.0. The molecule has 1 saturated heterocycles. The van der Waals surface area contributed by atoms with Crippen molar-refractivity contribution in [1.82, 2.24) is 9.47 Å². The number of fused-ring (bicyclic) bond motifs is 1. The molecule has 2 atom stereocenters. The molecular formula is C32H40N2O5. The van der Waals surface area contributed by atoms with Gasteiger partial charge < -0.3 is 14.2 Å². The van der Waals surface area contributed by atoms with Crippen molar-refractivity contribution in [3.63, 3.8) is 0 Å². The Morgan fingerprint density at radius 2 is 1.74 bits per heavy atom. The molecule has 7 heteroatoms. The monoisotopic (exact) mass is 532 g/mol. The van der Waals surface area contributed by atoms with Crippen molar-refractivity contribution < 1.29 is 23.8 Å². The first-order valence-electron chi connectivity index (χ1n) is 13.9. The van der Waals surface area contributed by atoms with E-state index in [1.165, 1.54) is 31.1 Å². The molecule has 1 aromatic heterocycles. The third kappa shape index (κ3) is 5.75. The maximum Gasteiger partial charge on any atom is 0.418 e. The molecule has 0 spiro atoms. The van der Waals surface area contributed by atoms with Gasteiger partial charge in [-0.3, -0.25) is 9.47 Å². The summed E-state index contributed by atoms with van der Waals surface area (Å²) in [6.45, 7) is 9.44. The number of aryl methyl sites for hydroxylation is 1. The first-order valence-corrected chi connectivity index (χ1v) is 13.9. The van der Waals surface area contributed by atoms with E-state index in [1.54, 1.807) is 11.7 Å². The van der Waals surface area contributed by atoms with Crippen LogP contribution in [0.25, 0.3) is 10.9 Å². The second-order valence-corrected chi connectivity index (χ2v) is 11.9. The van der Waals surface area contributed by atoms with Crippen molar-refractivity contribution in [1.29, 1.82) is 0 Å². The number of hydrogen-bond donors (Lipinski definition) is 0. The summed E-state index contributed by atoms with van der Waals surface area (Å²) in [5.41, 5.74) is 5.86. The summed E-state index contributed by atoms with van der Waals surface area (Å²) in [6.07, 6.45) is 5.92. The van der Waals surface area contributed by atoms with Crippen molar-refractivity contribution in [2.75, 3.05) is 20.8 Å². The molecule has 0 N–H and O–H groups in total. The highest BCUT2D eigenvalue weighted by molar-refractivity contribution is 5.94. The van der Waals surface area contributed by atoms with Crippen molar-refractivity contribution in [2.24, 2.45) is 0 Å². The minimum Gasteiger partial charge on any atom is -0.465 e. The number of carbonyl (C=O) groups is 2. The second-order valence-electron chi connectivity index (χ2n) is 11.9. The molecule has 5 rings (SSSR count). The molecule has 2 aromatic carbocycles. The Morgan fingerprint density at radius 1 is 1.03 bits per heavy atom. The number of esters is 1. The van der Waals surface area contributed by atoms with Gasteiger partial charge in [0.25, 0.3) is 0 Å². The van der Waals surface area contributed by atoms with Crippen LogP contribution in [0.4, 0.5) is 4.79 Å².